The normalized spacial score (nSPS) is 13.4. The number of carbonyl (C=O) groups is 1. The van der Waals surface area contributed by atoms with Crippen molar-refractivity contribution in [2.24, 2.45) is 5.73 Å². The van der Waals surface area contributed by atoms with Gasteiger partial charge in [0.15, 0.2) is 0 Å². The Hall–Kier alpha value is -0.420. The fourth-order valence-corrected chi connectivity index (χ4v) is 1.95. The molecule has 0 saturated heterocycles. The molecule has 0 fully saturated rings. The Bertz CT molecular complexity index is 267. The van der Waals surface area contributed by atoms with Crippen LogP contribution in [0, 0.1) is 0 Å². The van der Waals surface area contributed by atoms with Crippen LogP contribution in [0.1, 0.15) is 39.0 Å². The Morgan fingerprint density at radius 1 is 1.35 bits per heavy atom. The highest BCUT2D eigenvalue weighted by molar-refractivity contribution is 7.51. The van der Waals surface area contributed by atoms with Gasteiger partial charge in [-0.25, -0.2) is 0 Å². The highest BCUT2D eigenvalue weighted by atomic mass is 31.2. The Morgan fingerprint density at radius 3 is 2.53 bits per heavy atom. The number of amides is 1. The van der Waals surface area contributed by atoms with Gasteiger partial charge in [0.25, 0.3) is 0 Å². The van der Waals surface area contributed by atoms with Crippen LogP contribution < -0.4 is 11.1 Å². The van der Waals surface area contributed by atoms with Crippen LogP contribution in [0.15, 0.2) is 0 Å². The molecule has 0 aliphatic carbocycles. The minimum Gasteiger partial charge on any atom is -0.355 e. The minimum atomic E-state index is -4.06. The van der Waals surface area contributed by atoms with E-state index in [9.17, 15) is 9.36 Å². The molecule has 6 nitrogen and oxygen atoms in total. The van der Waals surface area contributed by atoms with E-state index >= 15 is 0 Å². The molecule has 0 aliphatic heterocycles. The van der Waals surface area contributed by atoms with Crippen LogP contribution in [0.4, 0.5) is 0 Å². The number of nitrogens with one attached hydrogen (secondary N) is 1. The van der Waals surface area contributed by atoms with Gasteiger partial charge >= 0.3 is 7.60 Å². The van der Waals surface area contributed by atoms with Gasteiger partial charge < -0.3 is 20.8 Å². The monoisotopic (exact) mass is 266 g/mol. The molecule has 0 bridgehead atoms. The summed E-state index contributed by atoms with van der Waals surface area (Å²) in [6, 6.07) is -0.839. The molecule has 5 N–H and O–H groups in total. The zero-order valence-electron chi connectivity index (χ0n) is 10.3. The molecule has 1 unspecified atom stereocenters. The molecule has 0 saturated carbocycles. The predicted octanol–water partition coefficient (Wildman–Crippen LogP) is 0.578. The largest absolute Gasteiger partial charge is 0.355 e. The van der Waals surface area contributed by atoms with E-state index in [1.807, 2.05) is 0 Å². The SMILES string of the molecule is CCCCCCNC(=O)C(N)CCP(=O)(O)O. The van der Waals surface area contributed by atoms with Crippen molar-refractivity contribution >= 4 is 13.5 Å². The van der Waals surface area contributed by atoms with Gasteiger partial charge in [-0.3, -0.25) is 9.36 Å². The second-order valence-electron chi connectivity index (χ2n) is 4.14. The number of hydrogen-bond acceptors (Lipinski definition) is 3. The second kappa shape index (κ2) is 8.64. The summed E-state index contributed by atoms with van der Waals surface area (Å²) in [5.74, 6) is -0.338. The van der Waals surface area contributed by atoms with Crippen molar-refractivity contribution in [3.05, 3.63) is 0 Å². The van der Waals surface area contributed by atoms with E-state index in [0.717, 1.165) is 25.7 Å². The third kappa shape index (κ3) is 10.5. The molecule has 1 amide bonds. The van der Waals surface area contributed by atoms with Gasteiger partial charge in [-0.15, -0.1) is 0 Å². The van der Waals surface area contributed by atoms with Gasteiger partial charge in [0.1, 0.15) is 0 Å². The molecular weight excluding hydrogens is 243 g/mol. The fraction of sp³-hybridized carbons (Fsp3) is 0.900. The average molecular weight is 266 g/mol. The van der Waals surface area contributed by atoms with E-state index in [0.29, 0.717) is 6.54 Å². The molecule has 7 heteroatoms. The zero-order valence-corrected chi connectivity index (χ0v) is 11.2. The number of unbranched alkanes of at least 4 members (excludes halogenated alkanes) is 3. The lowest BCUT2D eigenvalue weighted by molar-refractivity contribution is -0.122. The first-order valence-corrected chi connectivity index (χ1v) is 7.74. The van der Waals surface area contributed by atoms with Crippen LogP contribution in [0.3, 0.4) is 0 Å². The van der Waals surface area contributed by atoms with E-state index in [4.69, 9.17) is 15.5 Å². The molecule has 0 rings (SSSR count). The van der Waals surface area contributed by atoms with Crippen molar-refractivity contribution < 1.29 is 19.1 Å². The van der Waals surface area contributed by atoms with Crippen molar-refractivity contribution in [2.75, 3.05) is 12.7 Å². The van der Waals surface area contributed by atoms with E-state index in [1.165, 1.54) is 0 Å². The molecule has 102 valence electrons. The van der Waals surface area contributed by atoms with Crippen molar-refractivity contribution in [1.29, 1.82) is 0 Å². The summed E-state index contributed by atoms with van der Waals surface area (Å²) in [5, 5.41) is 2.66. The van der Waals surface area contributed by atoms with Crippen LogP contribution >= 0.6 is 7.60 Å². The fourth-order valence-electron chi connectivity index (χ4n) is 1.33. The summed E-state index contributed by atoms with van der Waals surface area (Å²) >= 11 is 0. The summed E-state index contributed by atoms with van der Waals surface area (Å²) in [6.07, 6.45) is 3.90. The lowest BCUT2D eigenvalue weighted by atomic mass is 10.2. The Morgan fingerprint density at radius 2 is 2.00 bits per heavy atom. The van der Waals surface area contributed by atoms with Crippen molar-refractivity contribution in [1.82, 2.24) is 5.32 Å². The van der Waals surface area contributed by atoms with Crippen LogP contribution in [-0.4, -0.2) is 34.4 Å². The predicted molar refractivity (Wildman–Crippen MR) is 66.7 cm³/mol. The van der Waals surface area contributed by atoms with Crippen molar-refractivity contribution in [3.63, 3.8) is 0 Å². The molecular formula is C10H23N2O4P. The lowest BCUT2D eigenvalue weighted by Gasteiger charge is -2.12. The molecule has 0 aromatic heterocycles. The first-order valence-electron chi connectivity index (χ1n) is 5.94. The Balaban J connectivity index is 3.64. The summed E-state index contributed by atoms with van der Waals surface area (Å²) in [5.41, 5.74) is 5.51. The van der Waals surface area contributed by atoms with Crippen molar-refractivity contribution in [3.8, 4) is 0 Å². The summed E-state index contributed by atoms with van der Waals surface area (Å²) in [7, 11) is -4.06. The Kier molecular flexibility index (Phi) is 8.43. The first kappa shape index (κ1) is 16.6. The smallest absolute Gasteiger partial charge is 0.325 e. The molecule has 0 heterocycles. The topological polar surface area (TPSA) is 113 Å². The molecule has 17 heavy (non-hydrogen) atoms. The van der Waals surface area contributed by atoms with E-state index < -0.39 is 13.6 Å². The number of rotatable bonds is 9. The highest BCUT2D eigenvalue weighted by Gasteiger charge is 2.19. The van der Waals surface area contributed by atoms with E-state index in [2.05, 4.69) is 12.2 Å². The van der Waals surface area contributed by atoms with Crippen LogP contribution in [0.5, 0.6) is 0 Å². The van der Waals surface area contributed by atoms with E-state index in [1.54, 1.807) is 0 Å². The standard InChI is InChI=1S/C10H23N2O4P/c1-2-3-4-5-7-12-10(13)9(11)6-8-17(14,15)16/h9H,2-8,11H2,1H3,(H,12,13)(H2,14,15,16). The number of nitrogens with two attached hydrogens (primary N) is 1. The maximum atomic E-state index is 11.4. The van der Waals surface area contributed by atoms with Crippen LogP contribution in [0.2, 0.25) is 0 Å². The summed E-state index contributed by atoms with van der Waals surface area (Å²) in [6.45, 7) is 2.68. The molecule has 0 aliphatic rings. The minimum absolute atomic E-state index is 0.00503. The molecule has 0 spiro atoms. The number of hydrogen-bond donors (Lipinski definition) is 4. The lowest BCUT2D eigenvalue weighted by Crippen LogP contribution is -2.41. The van der Waals surface area contributed by atoms with E-state index in [-0.39, 0.29) is 18.5 Å². The van der Waals surface area contributed by atoms with Crippen LogP contribution in [-0.2, 0) is 9.36 Å². The average Bonchev–Trinajstić information content (AvgIpc) is 2.24. The maximum absolute atomic E-state index is 11.4. The first-order chi connectivity index (χ1) is 7.87. The van der Waals surface area contributed by atoms with Gasteiger partial charge in [0.05, 0.1) is 12.2 Å². The maximum Gasteiger partial charge on any atom is 0.325 e. The van der Waals surface area contributed by atoms with Gasteiger partial charge in [0, 0.05) is 6.54 Å². The summed E-state index contributed by atoms with van der Waals surface area (Å²) in [4.78, 5) is 28.7. The van der Waals surface area contributed by atoms with Gasteiger partial charge in [-0.05, 0) is 12.8 Å². The third-order valence-electron chi connectivity index (χ3n) is 2.40. The molecule has 1 atom stereocenters. The third-order valence-corrected chi connectivity index (χ3v) is 3.24. The molecule has 0 aromatic carbocycles. The quantitative estimate of drug-likeness (QED) is 0.360. The van der Waals surface area contributed by atoms with Gasteiger partial charge in [-0.1, -0.05) is 26.2 Å². The van der Waals surface area contributed by atoms with Crippen molar-refractivity contribution in [2.45, 2.75) is 45.1 Å². The molecule has 0 radical (unpaired) electrons. The zero-order chi connectivity index (χ0) is 13.3. The van der Waals surface area contributed by atoms with Crippen LogP contribution in [0.25, 0.3) is 0 Å². The highest BCUT2D eigenvalue weighted by Crippen LogP contribution is 2.35. The van der Waals surface area contributed by atoms with Gasteiger partial charge in [-0.2, -0.15) is 0 Å². The second-order valence-corrected chi connectivity index (χ2v) is 5.91. The Labute approximate surface area is 102 Å². The number of carbonyl (C=O) groups excluding carboxylic acids is 1. The summed E-state index contributed by atoms with van der Waals surface area (Å²) < 4.78 is 10.6. The molecule has 0 aromatic rings. The van der Waals surface area contributed by atoms with Gasteiger partial charge in [0.2, 0.25) is 5.91 Å².